The first-order valence-electron chi connectivity index (χ1n) is 7.97. The molecule has 10 N–H and O–H groups in total. The average molecular weight is 392 g/mol. The molecule has 3 atom stereocenters. The molecule has 0 bridgehead atoms. The van der Waals surface area contributed by atoms with Crippen LogP contribution in [0.5, 0.6) is 0 Å². The van der Waals surface area contributed by atoms with Gasteiger partial charge in [0.1, 0.15) is 18.1 Å². The standard InChI is InChI=1S/C14H28N6O5S/c1-26-6-4-10(13(24)25)20-12(23)9(3-2-5-18-14(16)17)19-11(22)8(15)7-21/h8-10,21H,2-7,15H2,1H3,(H,19,22)(H,20,23)(H,24,25)(H4,16,17,18). The van der Waals surface area contributed by atoms with Crippen LogP contribution in [0.15, 0.2) is 4.99 Å². The topological polar surface area (TPSA) is 206 Å². The highest BCUT2D eigenvalue weighted by Gasteiger charge is 2.27. The number of rotatable bonds is 13. The van der Waals surface area contributed by atoms with Crippen molar-refractivity contribution in [1.82, 2.24) is 10.6 Å². The average Bonchev–Trinajstić information content (AvgIpc) is 2.59. The lowest BCUT2D eigenvalue weighted by Gasteiger charge is -2.22. The van der Waals surface area contributed by atoms with E-state index in [-0.39, 0.29) is 25.3 Å². The number of carbonyl (C=O) groups excluding carboxylic acids is 2. The van der Waals surface area contributed by atoms with Gasteiger partial charge in [-0.3, -0.25) is 14.6 Å². The molecule has 0 aliphatic carbocycles. The van der Waals surface area contributed by atoms with Crippen LogP contribution in [0, 0.1) is 0 Å². The van der Waals surface area contributed by atoms with E-state index in [9.17, 15) is 19.5 Å². The zero-order valence-electron chi connectivity index (χ0n) is 14.7. The molecular formula is C14H28N6O5S. The number of aliphatic hydroxyl groups excluding tert-OH is 1. The highest BCUT2D eigenvalue weighted by molar-refractivity contribution is 7.98. The number of aliphatic carboxylic acids is 1. The van der Waals surface area contributed by atoms with Crippen molar-refractivity contribution in [3.63, 3.8) is 0 Å². The van der Waals surface area contributed by atoms with Gasteiger partial charge in [-0.05, 0) is 31.3 Å². The van der Waals surface area contributed by atoms with Crippen LogP contribution in [-0.2, 0) is 14.4 Å². The number of carboxylic acids is 1. The van der Waals surface area contributed by atoms with Gasteiger partial charge in [0.25, 0.3) is 0 Å². The van der Waals surface area contributed by atoms with E-state index < -0.39 is 42.5 Å². The number of hydrogen-bond donors (Lipinski definition) is 7. The Morgan fingerprint density at radius 1 is 1.12 bits per heavy atom. The number of aliphatic imine (C=N–C) groups is 1. The Hall–Kier alpha value is -2.05. The van der Waals surface area contributed by atoms with E-state index in [2.05, 4.69) is 15.6 Å². The zero-order chi connectivity index (χ0) is 20.1. The number of thioether (sulfide) groups is 1. The van der Waals surface area contributed by atoms with E-state index in [1.54, 1.807) is 0 Å². The maximum absolute atomic E-state index is 12.4. The SMILES string of the molecule is CSCCC(NC(=O)C(CCCN=C(N)N)NC(=O)C(N)CO)C(=O)O. The molecule has 0 aromatic rings. The van der Waals surface area contributed by atoms with E-state index in [4.69, 9.17) is 22.3 Å². The zero-order valence-corrected chi connectivity index (χ0v) is 15.5. The van der Waals surface area contributed by atoms with E-state index in [0.29, 0.717) is 12.2 Å². The molecule has 2 amide bonds. The number of guanidine groups is 1. The molecule has 0 saturated heterocycles. The summed E-state index contributed by atoms with van der Waals surface area (Å²) in [4.78, 5) is 39.3. The summed E-state index contributed by atoms with van der Waals surface area (Å²) in [5, 5.41) is 23.0. The molecule has 12 heteroatoms. The third kappa shape index (κ3) is 10.1. The fourth-order valence-electron chi connectivity index (χ4n) is 1.90. The molecule has 11 nitrogen and oxygen atoms in total. The molecule has 0 saturated carbocycles. The second-order valence-electron chi connectivity index (χ2n) is 5.48. The van der Waals surface area contributed by atoms with Gasteiger partial charge < -0.3 is 38.0 Å². The fourth-order valence-corrected chi connectivity index (χ4v) is 2.37. The summed E-state index contributed by atoms with van der Waals surface area (Å²) in [7, 11) is 0. The molecule has 0 aliphatic heterocycles. The second kappa shape index (κ2) is 13.2. The van der Waals surface area contributed by atoms with Crippen molar-refractivity contribution in [2.45, 2.75) is 37.4 Å². The predicted octanol–water partition coefficient (Wildman–Crippen LogP) is -2.83. The van der Waals surface area contributed by atoms with Gasteiger partial charge in [0, 0.05) is 6.54 Å². The summed E-state index contributed by atoms with van der Waals surface area (Å²) >= 11 is 1.45. The van der Waals surface area contributed by atoms with Crippen LogP contribution in [0.3, 0.4) is 0 Å². The van der Waals surface area contributed by atoms with Gasteiger partial charge >= 0.3 is 5.97 Å². The van der Waals surface area contributed by atoms with Gasteiger partial charge in [0.15, 0.2) is 5.96 Å². The lowest BCUT2D eigenvalue weighted by molar-refractivity contribution is -0.142. The molecular weight excluding hydrogens is 364 g/mol. The number of carbonyl (C=O) groups is 3. The highest BCUT2D eigenvalue weighted by atomic mass is 32.2. The minimum Gasteiger partial charge on any atom is -0.480 e. The Bertz CT molecular complexity index is 500. The molecule has 0 aromatic heterocycles. The van der Waals surface area contributed by atoms with Gasteiger partial charge in [-0.2, -0.15) is 11.8 Å². The first-order valence-corrected chi connectivity index (χ1v) is 9.36. The Morgan fingerprint density at radius 3 is 2.23 bits per heavy atom. The number of carboxylic acid groups (broad SMARTS) is 1. The largest absolute Gasteiger partial charge is 0.480 e. The molecule has 26 heavy (non-hydrogen) atoms. The van der Waals surface area contributed by atoms with Gasteiger partial charge in [0.05, 0.1) is 6.61 Å². The number of hydrogen-bond acceptors (Lipinski definition) is 7. The fraction of sp³-hybridized carbons (Fsp3) is 0.714. The van der Waals surface area contributed by atoms with E-state index in [1.165, 1.54) is 11.8 Å². The van der Waals surface area contributed by atoms with Crippen molar-refractivity contribution in [3.8, 4) is 0 Å². The predicted molar refractivity (Wildman–Crippen MR) is 99.5 cm³/mol. The normalized spacial score (nSPS) is 14.0. The summed E-state index contributed by atoms with van der Waals surface area (Å²) in [6.45, 7) is -0.345. The van der Waals surface area contributed by atoms with Crippen LogP contribution in [-0.4, -0.2) is 77.2 Å². The third-order valence-corrected chi connectivity index (χ3v) is 3.98. The molecule has 0 aromatic carbocycles. The van der Waals surface area contributed by atoms with Crippen LogP contribution >= 0.6 is 11.8 Å². The number of amides is 2. The van der Waals surface area contributed by atoms with Crippen LogP contribution in [0.2, 0.25) is 0 Å². The molecule has 150 valence electrons. The van der Waals surface area contributed by atoms with E-state index in [1.807, 2.05) is 6.26 Å². The maximum Gasteiger partial charge on any atom is 0.326 e. The number of nitrogens with one attached hydrogen (secondary N) is 2. The number of nitrogens with zero attached hydrogens (tertiary/aromatic N) is 1. The molecule has 0 spiro atoms. The lowest BCUT2D eigenvalue weighted by atomic mass is 10.1. The molecule has 0 aliphatic rings. The van der Waals surface area contributed by atoms with E-state index in [0.717, 1.165) is 0 Å². The second-order valence-corrected chi connectivity index (χ2v) is 6.47. The van der Waals surface area contributed by atoms with Crippen molar-refractivity contribution in [2.24, 2.45) is 22.2 Å². The van der Waals surface area contributed by atoms with Gasteiger partial charge in [-0.15, -0.1) is 0 Å². The summed E-state index contributed by atoms with van der Waals surface area (Å²) in [5.41, 5.74) is 15.9. The van der Waals surface area contributed by atoms with Crippen molar-refractivity contribution in [3.05, 3.63) is 0 Å². The quantitative estimate of drug-likeness (QED) is 0.0977. The van der Waals surface area contributed by atoms with Gasteiger partial charge in [-0.1, -0.05) is 0 Å². The number of aliphatic hydroxyl groups is 1. The van der Waals surface area contributed by atoms with Crippen molar-refractivity contribution < 1.29 is 24.6 Å². The van der Waals surface area contributed by atoms with Crippen LogP contribution < -0.4 is 27.8 Å². The van der Waals surface area contributed by atoms with Crippen molar-refractivity contribution in [2.75, 3.05) is 25.2 Å². The summed E-state index contributed by atoms with van der Waals surface area (Å²) in [6, 6.07) is -3.28. The lowest BCUT2D eigenvalue weighted by Crippen LogP contribution is -2.55. The third-order valence-electron chi connectivity index (χ3n) is 3.34. The summed E-state index contributed by atoms with van der Waals surface area (Å²) < 4.78 is 0. The monoisotopic (exact) mass is 392 g/mol. The Morgan fingerprint density at radius 2 is 1.73 bits per heavy atom. The molecule has 0 radical (unpaired) electrons. The Balaban J connectivity index is 4.96. The van der Waals surface area contributed by atoms with E-state index >= 15 is 0 Å². The van der Waals surface area contributed by atoms with Gasteiger partial charge in [-0.25, -0.2) is 4.79 Å². The smallest absolute Gasteiger partial charge is 0.326 e. The van der Waals surface area contributed by atoms with Crippen LogP contribution in [0.1, 0.15) is 19.3 Å². The molecule has 0 rings (SSSR count). The van der Waals surface area contributed by atoms with Crippen molar-refractivity contribution in [1.29, 1.82) is 0 Å². The first-order chi connectivity index (χ1) is 12.2. The Labute approximate surface area is 156 Å². The number of nitrogens with two attached hydrogens (primary N) is 3. The summed E-state index contributed by atoms with van der Waals surface area (Å²) in [6.07, 6.45) is 2.60. The van der Waals surface area contributed by atoms with Crippen LogP contribution in [0.4, 0.5) is 0 Å². The van der Waals surface area contributed by atoms with Crippen molar-refractivity contribution >= 4 is 35.5 Å². The van der Waals surface area contributed by atoms with Crippen LogP contribution in [0.25, 0.3) is 0 Å². The highest BCUT2D eigenvalue weighted by Crippen LogP contribution is 2.04. The molecule has 0 heterocycles. The van der Waals surface area contributed by atoms with Gasteiger partial charge in [0.2, 0.25) is 11.8 Å². The minimum atomic E-state index is -1.19. The molecule has 3 unspecified atom stereocenters. The first kappa shape index (κ1) is 23.9. The maximum atomic E-state index is 12.4. The minimum absolute atomic E-state index is 0.0969. The molecule has 0 fully saturated rings. The Kier molecular flexibility index (Phi) is 12.2. The summed E-state index contributed by atoms with van der Waals surface area (Å²) in [5.74, 6) is -2.08.